The maximum absolute atomic E-state index is 12.5. The number of carbonyl (C=O) groups is 1. The Morgan fingerprint density at radius 2 is 1.66 bits per heavy atom. The van der Waals surface area contributed by atoms with E-state index in [1.54, 1.807) is 14.2 Å². The molecule has 0 spiro atoms. The zero-order valence-electron chi connectivity index (χ0n) is 17.6. The van der Waals surface area contributed by atoms with Crippen LogP contribution in [0, 0.1) is 0 Å². The summed E-state index contributed by atoms with van der Waals surface area (Å²) in [5.41, 5.74) is 1.40. The summed E-state index contributed by atoms with van der Waals surface area (Å²) in [4.78, 5) is 14.5. The molecule has 0 aliphatic carbocycles. The molecule has 2 aromatic rings. The number of hydrogen-bond donors (Lipinski definition) is 0. The standard InChI is InChI=1S/C22H26ClN3O3/c1-14(27)20-24-26(17-10-8-16(23)9-11-17)21(25(20)22(2,3)4)15-7-12-18(28-5)19(13-15)29-6/h7-13,21H,1-6H3/t21-/m0/s1. The molecular formula is C22H26ClN3O3. The molecule has 0 fully saturated rings. The molecule has 1 aliphatic heterocycles. The summed E-state index contributed by atoms with van der Waals surface area (Å²) in [6.45, 7) is 7.72. The third-order valence-corrected chi connectivity index (χ3v) is 4.99. The molecule has 0 N–H and O–H groups in total. The van der Waals surface area contributed by atoms with Gasteiger partial charge in [0.1, 0.15) is 0 Å². The van der Waals surface area contributed by atoms with Crippen molar-refractivity contribution in [3.63, 3.8) is 0 Å². The van der Waals surface area contributed by atoms with E-state index >= 15 is 0 Å². The Morgan fingerprint density at radius 3 is 2.17 bits per heavy atom. The number of hydrazone groups is 1. The minimum atomic E-state index is -0.358. The van der Waals surface area contributed by atoms with Crippen LogP contribution in [0.2, 0.25) is 5.02 Å². The van der Waals surface area contributed by atoms with Gasteiger partial charge in [-0.05, 0) is 57.2 Å². The number of benzene rings is 2. The number of carbonyl (C=O) groups excluding carboxylic acids is 1. The summed E-state index contributed by atoms with van der Waals surface area (Å²) in [5.74, 6) is 1.57. The number of ketones is 1. The van der Waals surface area contributed by atoms with Crippen molar-refractivity contribution in [3.8, 4) is 11.5 Å². The molecular weight excluding hydrogens is 390 g/mol. The van der Waals surface area contributed by atoms with Crippen LogP contribution in [0.25, 0.3) is 0 Å². The molecule has 7 heteroatoms. The Morgan fingerprint density at radius 1 is 1.03 bits per heavy atom. The van der Waals surface area contributed by atoms with Crippen LogP contribution in [-0.4, -0.2) is 36.3 Å². The first-order valence-electron chi connectivity index (χ1n) is 9.33. The Hall–Kier alpha value is -2.73. The molecule has 0 bridgehead atoms. The van der Waals surface area contributed by atoms with Crippen LogP contribution < -0.4 is 14.5 Å². The van der Waals surface area contributed by atoms with Gasteiger partial charge < -0.3 is 14.4 Å². The third kappa shape index (κ3) is 4.03. The van der Waals surface area contributed by atoms with E-state index in [-0.39, 0.29) is 17.5 Å². The van der Waals surface area contributed by atoms with Crippen molar-refractivity contribution in [3.05, 3.63) is 53.1 Å². The summed E-state index contributed by atoms with van der Waals surface area (Å²) in [7, 11) is 3.21. The van der Waals surface area contributed by atoms with Crippen LogP contribution in [0.4, 0.5) is 5.69 Å². The zero-order valence-corrected chi connectivity index (χ0v) is 18.3. The lowest BCUT2D eigenvalue weighted by Gasteiger charge is -2.40. The normalized spacial score (nSPS) is 16.7. The van der Waals surface area contributed by atoms with Crippen LogP contribution in [0.1, 0.15) is 39.4 Å². The molecule has 0 amide bonds. The van der Waals surface area contributed by atoms with Gasteiger partial charge in [-0.1, -0.05) is 17.7 Å². The molecule has 2 aromatic carbocycles. The maximum Gasteiger partial charge on any atom is 0.196 e. The maximum atomic E-state index is 12.5. The van der Waals surface area contributed by atoms with Gasteiger partial charge in [-0.3, -0.25) is 4.79 Å². The van der Waals surface area contributed by atoms with E-state index in [4.69, 9.17) is 26.2 Å². The number of nitrogens with zero attached hydrogens (tertiary/aromatic N) is 3. The molecule has 154 valence electrons. The minimum absolute atomic E-state index is 0.0955. The Labute approximate surface area is 176 Å². The van der Waals surface area contributed by atoms with E-state index < -0.39 is 0 Å². The van der Waals surface area contributed by atoms with Crippen molar-refractivity contribution >= 4 is 28.9 Å². The lowest BCUT2D eigenvalue weighted by atomic mass is 10.0. The van der Waals surface area contributed by atoms with E-state index in [2.05, 4.69) is 20.8 Å². The summed E-state index contributed by atoms with van der Waals surface area (Å²) in [6.07, 6.45) is -0.338. The number of Topliss-reactive ketones (excluding diaryl/α,β-unsaturated/α-hetero) is 1. The summed E-state index contributed by atoms with van der Waals surface area (Å²) in [5, 5.41) is 7.19. The van der Waals surface area contributed by atoms with Crippen molar-refractivity contribution in [1.29, 1.82) is 0 Å². The van der Waals surface area contributed by atoms with Gasteiger partial charge >= 0.3 is 0 Å². The molecule has 0 radical (unpaired) electrons. The van der Waals surface area contributed by atoms with Gasteiger partial charge in [-0.15, -0.1) is 5.10 Å². The van der Waals surface area contributed by atoms with E-state index in [1.807, 2.05) is 52.4 Å². The first-order chi connectivity index (χ1) is 13.7. The Balaban J connectivity index is 2.19. The molecule has 0 unspecified atom stereocenters. The fraction of sp³-hybridized carbons (Fsp3) is 0.364. The van der Waals surface area contributed by atoms with Crippen molar-refractivity contribution in [2.24, 2.45) is 5.10 Å². The second-order valence-corrected chi connectivity index (χ2v) is 8.27. The first kappa shape index (κ1) is 21.0. The van der Waals surface area contributed by atoms with Crippen molar-refractivity contribution in [1.82, 2.24) is 4.90 Å². The number of methoxy groups -OCH3 is 2. The Kier molecular flexibility index (Phi) is 5.75. The van der Waals surface area contributed by atoms with Gasteiger partial charge in [0.2, 0.25) is 0 Å². The highest BCUT2D eigenvalue weighted by Crippen LogP contribution is 2.42. The van der Waals surface area contributed by atoms with Crippen LogP contribution in [0.3, 0.4) is 0 Å². The average Bonchev–Trinajstić information content (AvgIpc) is 3.09. The van der Waals surface area contributed by atoms with E-state index in [9.17, 15) is 4.79 Å². The van der Waals surface area contributed by atoms with E-state index in [1.165, 1.54) is 6.92 Å². The van der Waals surface area contributed by atoms with Crippen LogP contribution in [0.5, 0.6) is 11.5 Å². The summed E-state index contributed by atoms with van der Waals surface area (Å²) < 4.78 is 10.9. The predicted octanol–water partition coefficient (Wildman–Crippen LogP) is 4.88. The van der Waals surface area contributed by atoms with Crippen LogP contribution in [-0.2, 0) is 4.79 Å². The monoisotopic (exact) mass is 415 g/mol. The zero-order chi connectivity index (χ0) is 21.3. The molecule has 1 atom stereocenters. The number of halogens is 1. The second kappa shape index (κ2) is 7.95. The van der Waals surface area contributed by atoms with Crippen molar-refractivity contribution in [2.45, 2.75) is 39.4 Å². The second-order valence-electron chi connectivity index (χ2n) is 7.83. The molecule has 1 heterocycles. The number of rotatable bonds is 5. The highest BCUT2D eigenvalue weighted by Gasteiger charge is 2.43. The van der Waals surface area contributed by atoms with Gasteiger partial charge in [0.05, 0.1) is 19.9 Å². The van der Waals surface area contributed by atoms with E-state index in [0.717, 1.165) is 11.3 Å². The van der Waals surface area contributed by atoms with Crippen LogP contribution >= 0.6 is 11.6 Å². The third-order valence-electron chi connectivity index (χ3n) is 4.74. The molecule has 3 rings (SSSR count). The average molecular weight is 416 g/mol. The number of hydrogen-bond acceptors (Lipinski definition) is 6. The number of amidine groups is 1. The van der Waals surface area contributed by atoms with Crippen molar-refractivity contribution in [2.75, 3.05) is 19.2 Å². The van der Waals surface area contributed by atoms with Gasteiger partial charge in [0.25, 0.3) is 0 Å². The van der Waals surface area contributed by atoms with Gasteiger partial charge in [-0.2, -0.15) is 0 Å². The lowest BCUT2D eigenvalue weighted by Crippen LogP contribution is -2.49. The van der Waals surface area contributed by atoms with Crippen LogP contribution in [0.15, 0.2) is 47.6 Å². The largest absolute Gasteiger partial charge is 0.493 e. The summed E-state index contributed by atoms with van der Waals surface area (Å²) in [6, 6.07) is 13.2. The van der Waals surface area contributed by atoms with Crippen molar-refractivity contribution < 1.29 is 14.3 Å². The smallest absolute Gasteiger partial charge is 0.196 e. The van der Waals surface area contributed by atoms with Gasteiger partial charge in [0, 0.05) is 23.0 Å². The minimum Gasteiger partial charge on any atom is -0.493 e. The molecule has 29 heavy (non-hydrogen) atoms. The van der Waals surface area contributed by atoms with Gasteiger partial charge in [0.15, 0.2) is 29.3 Å². The number of anilines is 1. The topological polar surface area (TPSA) is 54.4 Å². The van der Waals surface area contributed by atoms with Gasteiger partial charge in [-0.25, -0.2) is 5.01 Å². The lowest BCUT2D eigenvalue weighted by molar-refractivity contribution is -0.112. The molecule has 1 aliphatic rings. The Bertz CT molecular complexity index is 935. The highest BCUT2D eigenvalue weighted by atomic mass is 35.5. The molecule has 0 saturated carbocycles. The quantitative estimate of drug-likeness (QED) is 0.696. The highest BCUT2D eigenvalue weighted by molar-refractivity contribution is 6.38. The first-order valence-corrected chi connectivity index (χ1v) is 9.70. The molecule has 6 nitrogen and oxygen atoms in total. The summed E-state index contributed by atoms with van der Waals surface area (Å²) >= 11 is 6.08. The number of ether oxygens (including phenoxy) is 2. The van der Waals surface area contributed by atoms with E-state index in [0.29, 0.717) is 22.4 Å². The molecule has 0 aromatic heterocycles. The fourth-order valence-corrected chi connectivity index (χ4v) is 3.58. The predicted molar refractivity (Wildman–Crippen MR) is 116 cm³/mol. The SMILES string of the molecule is COc1ccc([C@@H]2N(c3ccc(Cl)cc3)N=C(C(C)=O)N2C(C)(C)C)cc1OC. The fourth-order valence-electron chi connectivity index (χ4n) is 3.45. The molecule has 0 saturated heterocycles.